The molecule has 0 radical (unpaired) electrons. The van der Waals surface area contributed by atoms with Crippen molar-refractivity contribution >= 4 is 41.0 Å². The zero-order valence-corrected chi connectivity index (χ0v) is 12.9. The Bertz CT molecular complexity index is 877. The van der Waals surface area contributed by atoms with E-state index in [1.54, 1.807) is 18.2 Å². The Morgan fingerprint density at radius 3 is 2.46 bits per heavy atom. The van der Waals surface area contributed by atoms with Crippen LogP contribution in [0.3, 0.4) is 0 Å². The molecule has 0 saturated carbocycles. The fourth-order valence-electron chi connectivity index (χ4n) is 2.24. The summed E-state index contributed by atoms with van der Waals surface area (Å²) < 4.78 is 0. The number of carbonyl (C=O) groups is 2. The molecule has 7 nitrogen and oxygen atoms in total. The van der Waals surface area contributed by atoms with Crippen molar-refractivity contribution in [3.8, 4) is 0 Å². The molecule has 0 atom stereocenters. The number of nitro benzene ring substituents is 1. The third-order valence-electron chi connectivity index (χ3n) is 3.36. The van der Waals surface area contributed by atoms with E-state index in [4.69, 9.17) is 11.6 Å². The summed E-state index contributed by atoms with van der Waals surface area (Å²) in [6.07, 6.45) is 1.45. The van der Waals surface area contributed by atoms with Gasteiger partial charge in [-0.1, -0.05) is 17.7 Å². The van der Waals surface area contributed by atoms with E-state index in [2.05, 4.69) is 5.32 Å². The highest BCUT2D eigenvalue weighted by molar-refractivity contribution is 6.32. The number of benzene rings is 2. The lowest BCUT2D eigenvalue weighted by Gasteiger charge is -2.11. The van der Waals surface area contributed by atoms with E-state index in [0.717, 1.165) is 4.90 Å². The number of anilines is 1. The second-order valence-corrected chi connectivity index (χ2v) is 5.39. The second kappa shape index (κ2) is 6.13. The monoisotopic (exact) mass is 343 g/mol. The highest BCUT2D eigenvalue weighted by Gasteiger charge is 2.34. The molecule has 0 bridgehead atoms. The molecule has 120 valence electrons. The van der Waals surface area contributed by atoms with E-state index in [9.17, 15) is 19.7 Å². The predicted octanol–water partition coefficient (Wildman–Crippen LogP) is 3.35. The number of hydrogen-bond donors (Lipinski definition) is 1. The summed E-state index contributed by atoms with van der Waals surface area (Å²) in [6, 6.07) is 11.4. The van der Waals surface area contributed by atoms with E-state index in [-0.39, 0.29) is 11.4 Å². The maximum atomic E-state index is 12.4. The maximum absolute atomic E-state index is 12.4. The highest BCUT2D eigenvalue weighted by atomic mass is 35.5. The number of nitrogens with one attached hydrogen (secondary N) is 1. The van der Waals surface area contributed by atoms with Crippen LogP contribution in [0.15, 0.2) is 54.2 Å². The van der Waals surface area contributed by atoms with Gasteiger partial charge in [0.15, 0.2) is 0 Å². The Morgan fingerprint density at radius 1 is 1.12 bits per heavy atom. The molecule has 1 fully saturated rings. The largest absolute Gasteiger partial charge is 0.333 e. The van der Waals surface area contributed by atoms with Gasteiger partial charge in [0.2, 0.25) is 0 Å². The predicted molar refractivity (Wildman–Crippen MR) is 88.5 cm³/mol. The van der Waals surface area contributed by atoms with Gasteiger partial charge in [-0.05, 0) is 42.0 Å². The molecule has 2 aromatic rings. The second-order valence-electron chi connectivity index (χ2n) is 4.96. The van der Waals surface area contributed by atoms with Crippen LogP contribution in [-0.4, -0.2) is 16.9 Å². The van der Waals surface area contributed by atoms with E-state index in [1.165, 1.54) is 36.4 Å². The number of amides is 3. The number of urea groups is 1. The number of nitrogens with zero attached hydrogens (tertiary/aromatic N) is 2. The van der Waals surface area contributed by atoms with Crippen LogP contribution < -0.4 is 10.2 Å². The number of carbonyl (C=O) groups excluding carboxylic acids is 2. The Kier molecular flexibility index (Phi) is 4.01. The number of nitro groups is 1. The van der Waals surface area contributed by atoms with Gasteiger partial charge < -0.3 is 5.32 Å². The number of imide groups is 1. The number of halogens is 1. The molecule has 24 heavy (non-hydrogen) atoms. The zero-order valence-electron chi connectivity index (χ0n) is 12.1. The SMILES string of the molecule is O=C1N/C(=C/c2ccc([N+](=O)[O-])cc2)C(=O)N1c1cccc(Cl)c1. The Labute approximate surface area is 141 Å². The Hall–Kier alpha value is -3.19. The van der Waals surface area contributed by atoms with Crippen LogP contribution in [0, 0.1) is 10.1 Å². The Balaban J connectivity index is 1.89. The molecule has 2 aromatic carbocycles. The molecule has 1 aliphatic heterocycles. The van der Waals surface area contributed by atoms with Gasteiger partial charge in [-0.2, -0.15) is 0 Å². The normalized spacial score (nSPS) is 15.7. The van der Waals surface area contributed by atoms with Gasteiger partial charge in [0, 0.05) is 17.2 Å². The zero-order chi connectivity index (χ0) is 17.3. The standard InChI is InChI=1S/C16H10ClN3O4/c17-11-2-1-3-13(9-11)19-15(21)14(18-16(19)22)8-10-4-6-12(7-5-10)20(23)24/h1-9H,(H,18,22)/b14-8+. The number of non-ortho nitro benzene ring substituents is 1. The summed E-state index contributed by atoms with van der Waals surface area (Å²) in [7, 11) is 0. The lowest BCUT2D eigenvalue weighted by Crippen LogP contribution is -2.30. The van der Waals surface area contributed by atoms with Gasteiger partial charge in [-0.15, -0.1) is 0 Å². The van der Waals surface area contributed by atoms with Gasteiger partial charge >= 0.3 is 6.03 Å². The first kappa shape index (κ1) is 15.7. The van der Waals surface area contributed by atoms with Crippen molar-refractivity contribution in [2.75, 3.05) is 4.90 Å². The topological polar surface area (TPSA) is 92.5 Å². The fourth-order valence-corrected chi connectivity index (χ4v) is 2.43. The molecule has 1 N–H and O–H groups in total. The molecule has 1 heterocycles. The van der Waals surface area contributed by atoms with Crippen molar-refractivity contribution in [2.24, 2.45) is 0 Å². The van der Waals surface area contributed by atoms with Crippen LogP contribution in [0.2, 0.25) is 5.02 Å². The molecule has 3 rings (SSSR count). The molecule has 0 aromatic heterocycles. The first-order valence-corrected chi connectivity index (χ1v) is 7.20. The molecule has 1 aliphatic rings. The van der Waals surface area contributed by atoms with Crippen LogP contribution >= 0.6 is 11.6 Å². The average molecular weight is 344 g/mol. The summed E-state index contributed by atoms with van der Waals surface area (Å²) in [5, 5.41) is 13.5. The van der Waals surface area contributed by atoms with Crippen LogP contribution in [-0.2, 0) is 4.79 Å². The summed E-state index contributed by atoms with van der Waals surface area (Å²) in [4.78, 5) is 35.6. The van der Waals surface area contributed by atoms with Crippen molar-refractivity contribution in [3.05, 3.63) is 74.9 Å². The van der Waals surface area contributed by atoms with Gasteiger partial charge in [0.05, 0.1) is 10.6 Å². The number of rotatable bonds is 3. The lowest BCUT2D eigenvalue weighted by molar-refractivity contribution is -0.384. The minimum atomic E-state index is -0.588. The van der Waals surface area contributed by atoms with Crippen molar-refractivity contribution < 1.29 is 14.5 Å². The van der Waals surface area contributed by atoms with E-state index in [0.29, 0.717) is 16.3 Å². The third-order valence-corrected chi connectivity index (χ3v) is 3.59. The molecular formula is C16H10ClN3O4. The fraction of sp³-hybridized carbons (Fsp3) is 0. The van der Waals surface area contributed by atoms with Crippen molar-refractivity contribution in [2.45, 2.75) is 0 Å². The minimum Gasteiger partial charge on any atom is -0.302 e. The highest BCUT2D eigenvalue weighted by Crippen LogP contribution is 2.25. The lowest BCUT2D eigenvalue weighted by atomic mass is 10.1. The van der Waals surface area contributed by atoms with E-state index in [1.807, 2.05) is 0 Å². The van der Waals surface area contributed by atoms with E-state index >= 15 is 0 Å². The van der Waals surface area contributed by atoms with Gasteiger partial charge in [-0.3, -0.25) is 14.9 Å². The minimum absolute atomic E-state index is 0.0560. The first-order chi connectivity index (χ1) is 11.5. The Morgan fingerprint density at radius 2 is 1.83 bits per heavy atom. The molecule has 0 aliphatic carbocycles. The van der Waals surface area contributed by atoms with Crippen LogP contribution in [0.5, 0.6) is 0 Å². The van der Waals surface area contributed by atoms with Crippen LogP contribution in [0.1, 0.15) is 5.56 Å². The smallest absolute Gasteiger partial charge is 0.302 e. The molecule has 0 spiro atoms. The van der Waals surface area contributed by atoms with Crippen LogP contribution in [0.25, 0.3) is 6.08 Å². The van der Waals surface area contributed by atoms with Crippen molar-refractivity contribution in [1.82, 2.24) is 5.32 Å². The summed E-state index contributed by atoms with van der Waals surface area (Å²) in [6.45, 7) is 0. The molecule has 8 heteroatoms. The van der Waals surface area contributed by atoms with Crippen molar-refractivity contribution in [1.29, 1.82) is 0 Å². The molecule has 0 unspecified atom stereocenters. The molecule has 1 saturated heterocycles. The first-order valence-electron chi connectivity index (χ1n) is 6.83. The van der Waals surface area contributed by atoms with Gasteiger partial charge in [0.25, 0.3) is 11.6 Å². The van der Waals surface area contributed by atoms with Crippen LogP contribution in [0.4, 0.5) is 16.2 Å². The van der Waals surface area contributed by atoms with Gasteiger partial charge in [0.1, 0.15) is 5.70 Å². The van der Waals surface area contributed by atoms with Crippen molar-refractivity contribution in [3.63, 3.8) is 0 Å². The summed E-state index contributed by atoms with van der Waals surface area (Å²) >= 11 is 5.89. The maximum Gasteiger partial charge on any atom is 0.333 e. The van der Waals surface area contributed by atoms with Gasteiger partial charge in [-0.25, -0.2) is 9.69 Å². The van der Waals surface area contributed by atoms with E-state index < -0.39 is 16.9 Å². The number of hydrogen-bond acceptors (Lipinski definition) is 4. The average Bonchev–Trinajstić information content (AvgIpc) is 2.82. The summed E-state index contributed by atoms with van der Waals surface area (Å²) in [5.74, 6) is -0.527. The molecular weight excluding hydrogens is 334 g/mol. The molecule has 3 amide bonds. The third kappa shape index (κ3) is 2.97. The summed E-state index contributed by atoms with van der Waals surface area (Å²) in [5.41, 5.74) is 0.933. The quantitative estimate of drug-likeness (QED) is 0.400.